The first-order valence-corrected chi connectivity index (χ1v) is 5.90. The Hall–Kier alpha value is -1.97. The molecule has 0 bridgehead atoms. The summed E-state index contributed by atoms with van der Waals surface area (Å²) >= 11 is 0. The van der Waals surface area contributed by atoms with Gasteiger partial charge in [-0.3, -0.25) is 4.68 Å². The number of hydrogen-bond donors (Lipinski definition) is 0. The highest BCUT2D eigenvalue weighted by Gasteiger charge is 2.23. The first kappa shape index (κ1) is 12.5. The topological polar surface area (TPSA) is 47.2 Å². The quantitative estimate of drug-likeness (QED) is 0.753. The van der Waals surface area contributed by atoms with Crippen molar-refractivity contribution >= 4 is 5.69 Å². The second-order valence-corrected chi connectivity index (χ2v) is 5.39. The van der Waals surface area contributed by atoms with E-state index in [1.54, 1.807) is 10.7 Å². The van der Waals surface area contributed by atoms with Crippen LogP contribution in [-0.4, -0.2) is 9.78 Å². The van der Waals surface area contributed by atoms with Gasteiger partial charge in [-0.15, -0.1) is 4.91 Å². The van der Waals surface area contributed by atoms with Gasteiger partial charge in [-0.2, -0.15) is 5.10 Å². The maximum atomic E-state index is 10.9. The van der Waals surface area contributed by atoms with E-state index in [9.17, 15) is 4.91 Å². The molecule has 1 aromatic carbocycles. The second-order valence-electron chi connectivity index (χ2n) is 5.39. The molecule has 1 heterocycles. The van der Waals surface area contributed by atoms with Crippen LogP contribution >= 0.6 is 0 Å². The van der Waals surface area contributed by atoms with Crippen molar-refractivity contribution in [3.8, 4) is 11.3 Å². The van der Waals surface area contributed by atoms with Crippen molar-refractivity contribution in [3.63, 3.8) is 0 Å². The average Bonchev–Trinajstić information content (AvgIpc) is 2.70. The van der Waals surface area contributed by atoms with Crippen LogP contribution in [0.25, 0.3) is 11.3 Å². The third-order valence-electron chi connectivity index (χ3n) is 3.00. The van der Waals surface area contributed by atoms with E-state index in [2.05, 4.69) is 31.0 Å². The summed E-state index contributed by atoms with van der Waals surface area (Å²) in [4.78, 5) is 10.9. The lowest BCUT2D eigenvalue weighted by atomic mass is 9.85. The molecular weight excluding hydrogens is 226 g/mol. The van der Waals surface area contributed by atoms with Crippen molar-refractivity contribution in [2.75, 3.05) is 0 Å². The Balaban J connectivity index is 2.71. The summed E-state index contributed by atoms with van der Waals surface area (Å²) in [5, 5.41) is 7.41. The molecule has 2 aromatic rings. The lowest BCUT2D eigenvalue weighted by Crippen LogP contribution is -2.12. The highest BCUT2D eigenvalue weighted by molar-refractivity contribution is 5.76. The molecule has 0 saturated carbocycles. The smallest absolute Gasteiger partial charge is 0.117 e. The molecule has 0 aliphatic heterocycles. The lowest BCUT2D eigenvalue weighted by Gasteiger charge is -2.19. The maximum Gasteiger partial charge on any atom is 0.117 e. The molecule has 0 N–H and O–H groups in total. The van der Waals surface area contributed by atoms with Gasteiger partial charge in [0, 0.05) is 18.2 Å². The third-order valence-corrected chi connectivity index (χ3v) is 3.00. The van der Waals surface area contributed by atoms with Crippen LogP contribution in [0.5, 0.6) is 0 Å². The van der Waals surface area contributed by atoms with Gasteiger partial charge < -0.3 is 0 Å². The molecule has 0 amide bonds. The fourth-order valence-corrected chi connectivity index (χ4v) is 2.06. The van der Waals surface area contributed by atoms with E-state index in [1.807, 2.05) is 31.4 Å². The SMILES string of the molecule is Cn1ncc(C(C)(C)C)c1-c1ccccc1N=O. The zero-order chi connectivity index (χ0) is 13.3. The molecule has 0 spiro atoms. The van der Waals surface area contributed by atoms with E-state index >= 15 is 0 Å². The first-order valence-electron chi connectivity index (χ1n) is 5.90. The summed E-state index contributed by atoms with van der Waals surface area (Å²) in [5.74, 6) is 0. The Labute approximate surface area is 107 Å². The van der Waals surface area contributed by atoms with Crippen LogP contribution < -0.4 is 0 Å². The van der Waals surface area contributed by atoms with Gasteiger partial charge >= 0.3 is 0 Å². The standard InChI is InChI=1S/C14H17N3O/c1-14(2,3)11-9-15-17(4)13(11)10-7-5-6-8-12(10)16-18/h5-9H,1-4H3. The van der Waals surface area contributed by atoms with Gasteiger partial charge in [0.2, 0.25) is 0 Å². The summed E-state index contributed by atoms with van der Waals surface area (Å²) in [6.45, 7) is 6.39. The van der Waals surface area contributed by atoms with Gasteiger partial charge in [0.1, 0.15) is 5.69 Å². The molecule has 2 rings (SSSR count). The molecule has 18 heavy (non-hydrogen) atoms. The predicted octanol–water partition coefficient (Wildman–Crippen LogP) is 3.78. The van der Waals surface area contributed by atoms with Crippen LogP contribution in [0, 0.1) is 4.91 Å². The number of rotatable bonds is 2. The van der Waals surface area contributed by atoms with Gasteiger partial charge in [0.05, 0.1) is 11.9 Å². The van der Waals surface area contributed by atoms with Crippen LogP contribution in [-0.2, 0) is 12.5 Å². The van der Waals surface area contributed by atoms with Crippen LogP contribution in [0.2, 0.25) is 0 Å². The van der Waals surface area contributed by atoms with Crippen molar-refractivity contribution in [1.29, 1.82) is 0 Å². The zero-order valence-electron chi connectivity index (χ0n) is 11.1. The second kappa shape index (κ2) is 4.37. The van der Waals surface area contributed by atoms with Crippen molar-refractivity contribution in [2.24, 2.45) is 12.2 Å². The molecular formula is C14H17N3O. The molecule has 0 aliphatic rings. The number of hydrogen-bond acceptors (Lipinski definition) is 3. The van der Waals surface area contributed by atoms with Crippen LogP contribution in [0.4, 0.5) is 5.69 Å². The van der Waals surface area contributed by atoms with E-state index in [0.29, 0.717) is 5.69 Å². The third kappa shape index (κ3) is 2.06. The van der Waals surface area contributed by atoms with Gasteiger partial charge in [0.15, 0.2) is 0 Å². The van der Waals surface area contributed by atoms with Gasteiger partial charge in [-0.25, -0.2) is 0 Å². The monoisotopic (exact) mass is 243 g/mol. The van der Waals surface area contributed by atoms with Crippen molar-refractivity contribution < 1.29 is 0 Å². The maximum absolute atomic E-state index is 10.9. The Morgan fingerprint density at radius 2 is 1.89 bits per heavy atom. The highest BCUT2D eigenvalue weighted by atomic mass is 16.3. The Bertz CT molecular complexity index is 579. The normalized spacial score (nSPS) is 11.6. The molecule has 0 atom stereocenters. The van der Waals surface area contributed by atoms with E-state index in [0.717, 1.165) is 16.8 Å². The molecule has 1 aromatic heterocycles. The van der Waals surface area contributed by atoms with Gasteiger partial charge in [-0.1, -0.05) is 39.0 Å². The van der Waals surface area contributed by atoms with Crippen molar-refractivity contribution in [3.05, 3.63) is 40.9 Å². The van der Waals surface area contributed by atoms with Crippen molar-refractivity contribution in [2.45, 2.75) is 26.2 Å². The predicted molar refractivity (Wildman–Crippen MR) is 72.8 cm³/mol. The molecule has 0 unspecified atom stereocenters. The summed E-state index contributed by atoms with van der Waals surface area (Å²) in [7, 11) is 1.88. The van der Waals surface area contributed by atoms with E-state index in [-0.39, 0.29) is 5.41 Å². The summed E-state index contributed by atoms with van der Waals surface area (Å²) in [6, 6.07) is 7.35. The number of benzene rings is 1. The summed E-state index contributed by atoms with van der Waals surface area (Å²) < 4.78 is 1.80. The van der Waals surface area contributed by atoms with E-state index in [4.69, 9.17) is 0 Å². The minimum Gasteiger partial charge on any atom is -0.268 e. The Morgan fingerprint density at radius 3 is 2.50 bits per heavy atom. The largest absolute Gasteiger partial charge is 0.268 e. The molecule has 4 nitrogen and oxygen atoms in total. The van der Waals surface area contributed by atoms with Gasteiger partial charge in [-0.05, 0) is 16.7 Å². The minimum absolute atomic E-state index is 0.0282. The zero-order valence-corrected chi connectivity index (χ0v) is 11.1. The molecule has 0 saturated heterocycles. The molecule has 0 fully saturated rings. The Morgan fingerprint density at radius 1 is 1.22 bits per heavy atom. The average molecular weight is 243 g/mol. The number of aryl methyl sites for hydroxylation is 1. The molecule has 0 radical (unpaired) electrons. The van der Waals surface area contributed by atoms with Crippen LogP contribution in [0.3, 0.4) is 0 Å². The van der Waals surface area contributed by atoms with Crippen LogP contribution in [0.1, 0.15) is 26.3 Å². The summed E-state index contributed by atoms with van der Waals surface area (Å²) in [6.07, 6.45) is 1.86. The highest BCUT2D eigenvalue weighted by Crippen LogP contribution is 2.36. The molecule has 94 valence electrons. The lowest BCUT2D eigenvalue weighted by molar-refractivity contribution is 0.591. The Kier molecular flexibility index (Phi) is 3.03. The summed E-state index contributed by atoms with van der Waals surface area (Å²) in [5.41, 5.74) is 3.32. The van der Waals surface area contributed by atoms with Crippen LogP contribution in [0.15, 0.2) is 35.6 Å². The number of nitroso groups, excluding NO2 is 1. The number of nitrogens with zero attached hydrogens (tertiary/aromatic N) is 3. The molecule has 4 heteroatoms. The fourth-order valence-electron chi connectivity index (χ4n) is 2.06. The first-order chi connectivity index (χ1) is 8.45. The van der Waals surface area contributed by atoms with E-state index < -0.39 is 0 Å². The fraction of sp³-hybridized carbons (Fsp3) is 0.357. The van der Waals surface area contributed by atoms with Crippen molar-refractivity contribution in [1.82, 2.24) is 9.78 Å². The van der Waals surface area contributed by atoms with Gasteiger partial charge in [0.25, 0.3) is 0 Å². The van der Waals surface area contributed by atoms with E-state index in [1.165, 1.54) is 0 Å². The molecule has 0 aliphatic carbocycles. The number of aromatic nitrogens is 2. The minimum atomic E-state index is -0.0282.